The van der Waals surface area contributed by atoms with Gasteiger partial charge in [0.25, 0.3) is 0 Å². The van der Waals surface area contributed by atoms with Crippen LogP contribution in [-0.2, 0) is 11.2 Å². The summed E-state index contributed by atoms with van der Waals surface area (Å²) < 4.78 is 0. The van der Waals surface area contributed by atoms with Crippen molar-refractivity contribution in [1.82, 2.24) is 0 Å². The molecule has 1 unspecified atom stereocenters. The number of hydrogen-bond acceptors (Lipinski definition) is 3. The minimum atomic E-state index is 0.0686. The van der Waals surface area contributed by atoms with Crippen LogP contribution in [0.3, 0.4) is 0 Å². The Bertz CT molecular complexity index is 727. The lowest BCUT2D eigenvalue weighted by atomic mass is 10.1. The first-order valence-electron chi connectivity index (χ1n) is 6.97. The van der Waals surface area contributed by atoms with Gasteiger partial charge in [0.2, 0.25) is 5.91 Å². The number of aliphatic imine (C=N–C) groups is 1. The molecule has 0 aromatic heterocycles. The number of nitrogens with zero attached hydrogens (tertiary/aromatic N) is 2. The van der Waals surface area contributed by atoms with Crippen LogP contribution >= 0.6 is 11.8 Å². The molecule has 0 aliphatic carbocycles. The molecule has 1 saturated heterocycles. The minimum absolute atomic E-state index is 0.0686. The quantitative estimate of drug-likeness (QED) is 0.845. The summed E-state index contributed by atoms with van der Waals surface area (Å²) in [5.74, 6) is 0.709. The average molecular weight is 294 g/mol. The molecule has 2 heterocycles. The molecule has 1 atom stereocenters. The van der Waals surface area contributed by atoms with Crippen molar-refractivity contribution in [3.63, 3.8) is 0 Å². The number of hydrogen-bond donors (Lipinski definition) is 0. The zero-order valence-corrected chi connectivity index (χ0v) is 12.2. The third-order valence-corrected chi connectivity index (χ3v) is 5.05. The molecule has 4 heteroatoms. The van der Waals surface area contributed by atoms with Gasteiger partial charge >= 0.3 is 0 Å². The Morgan fingerprint density at radius 3 is 2.86 bits per heavy atom. The predicted molar refractivity (Wildman–Crippen MR) is 87.4 cm³/mol. The summed E-state index contributed by atoms with van der Waals surface area (Å²) in [6.45, 7) is 0. The second kappa shape index (κ2) is 5.04. The minimum Gasteiger partial charge on any atom is -0.295 e. The predicted octanol–water partition coefficient (Wildman–Crippen LogP) is 3.72. The lowest BCUT2D eigenvalue weighted by molar-refractivity contribution is -0.115. The van der Waals surface area contributed by atoms with Gasteiger partial charge in [-0.1, -0.05) is 30.3 Å². The first kappa shape index (κ1) is 12.7. The molecule has 2 aliphatic heterocycles. The lowest BCUT2D eigenvalue weighted by Gasteiger charge is -2.24. The molecule has 0 spiro atoms. The van der Waals surface area contributed by atoms with E-state index in [-0.39, 0.29) is 11.3 Å². The topological polar surface area (TPSA) is 32.7 Å². The van der Waals surface area contributed by atoms with Gasteiger partial charge in [0, 0.05) is 18.3 Å². The highest BCUT2D eigenvalue weighted by molar-refractivity contribution is 8.00. The Kier molecular flexibility index (Phi) is 3.04. The van der Waals surface area contributed by atoms with Crippen LogP contribution < -0.4 is 4.90 Å². The first-order chi connectivity index (χ1) is 10.3. The van der Waals surface area contributed by atoms with E-state index in [1.807, 2.05) is 41.4 Å². The molecule has 104 valence electrons. The summed E-state index contributed by atoms with van der Waals surface area (Å²) in [6, 6.07) is 16.3. The third kappa shape index (κ3) is 2.16. The summed E-state index contributed by atoms with van der Waals surface area (Å²) in [6.07, 6.45) is 2.78. The second-order valence-corrected chi connectivity index (χ2v) is 6.24. The van der Waals surface area contributed by atoms with Crippen molar-refractivity contribution in [1.29, 1.82) is 0 Å². The second-order valence-electron chi connectivity index (χ2n) is 5.17. The maximum atomic E-state index is 12.3. The zero-order valence-electron chi connectivity index (χ0n) is 11.4. The maximum absolute atomic E-state index is 12.3. The number of fused-ring (bicyclic) bond motifs is 1. The van der Waals surface area contributed by atoms with Gasteiger partial charge in [0.15, 0.2) is 0 Å². The largest absolute Gasteiger partial charge is 0.295 e. The van der Waals surface area contributed by atoms with E-state index in [0.717, 1.165) is 17.8 Å². The molecule has 1 fully saturated rings. The van der Waals surface area contributed by atoms with Gasteiger partial charge < -0.3 is 0 Å². The Morgan fingerprint density at radius 1 is 1.14 bits per heavy atom. The van der Waals surface area contributed by atoms with Gasteiger partial charge in [0.1, 0.15) is 5.37 Å². The van der Waals surface area contributed by atoms with Crippen LogP contribution in [0.25, 0.3) is 0 Å². The summed E-state index contributed by atoms with van der Waals surface area (Å²) >= 11 is 1.68. The SMILES string of the molecule is O=C1CSC(c2ccccc2)N1c1ccc2c(c1)CC=N2. The summed E-state index contributed by atoms with van der Waals surface area (Å²) in [7, 11) is 0. The molecule has 0 N–H and O–H groups in total. The molecular weight excluding hydrogens is 280 g/mol. The van der Waals surface area contributed by atoms with Crippen molar-refractivity contribution in [3.8, 4) is 0 Å². The fourth-order valence-electron chi connectivity index (χ4n) is 2.82. The van der Waals surface area contributed by atoms with E-state index in [9.17, 15) is 4.79 Å². The number of carbonyl (C=O) groups excluding carboxylic acids is 1. The van der Waals surface area contributed by atoms with Crippen LogP contribution in [0.5, 0.6) is 0 Å². The third-order valence-electron chi connectivity index (χ3n) is 3.84. The molecule has 1 amide bonds. The standard InChI is InChI=1S/C17H14N2OS/c20-16-11-21-17(12-4-2-1-3-5-12)19(16)14-6-7-15-13(10-14)8-9-18-15/h1-7,9-10,17H,8,11H2. The van der Waals surface area contributed by atoms with Crippen molar-refractivity contribution in [2.75, 3.05) is 10.7 Å². The number of anilines is 1. The first-order valence-corrected chi connectivity index (χ1v) is 8.02. The van der Waals surface area contributed by atoms with Gasteiger partial charge in [-0.3, -0.25) is 14.7 Å². The van der Waals surface area contributed by atoms with E-state index in [2.05, 4.69) is 23.2 Å². The highest BCUT2D eigenvalue weighted by atomic mass is 32.2. The molecule has 0 radical (unpaired) electrons. The maximum Gasteiger partial charge on any atom is 0.238 e. The summed E-state index contributed by atoms with van der Waals surface area (Å²) in [4.78, 5) is 18.6. The van der Waals surface area contributed by atoms with Gasteiger partial charge in [0.05, 0.1) is 11.4 Å². The van der Waals surface area contributed by atoms with Gasteiger partial charge in [-0.2, -0.15) is 0 Å². The Balaban J connectivity index is 1.73. The van der Waals surface area contributed by atoms with Gasteiger partial charge in [-0.25, -0.2) is 0 Å². The van der Waals surface area contributed by atoms with Crippen molar-refractivity contribution in [2.24, 2.45) is 4.99 Å². The molecule has 2 aromatic carbocycles. The summed E-state index contributed by atoms with van der Waals surface area (Å²) in [5, 5.41) is 0.0686. The van der Waals surface area contributed by atoms with E-state index in [0.29, 0.717) is 5.75 Å². The fraction of sp³-hybridized carbons (Fsp3) is 0.176. The highest BCUT2D eigenvalue weighted by Gasteiger charge is 2.34. The highest BCUT2D eigenvalue weighted by Crippen LogP contribution is 2.42. The van der Waals surface area contributed by atoms with Crippen LogP contribution in [0.1, 0.15) is 16.5 Å². The number of carbonyl (C=O) groups is 1. The Labute approximate surface area is 127 Å². The summed E-state index contributed by atoms with van der Waals surface area (Å²) in [5.41, 5.74) is 4.37. The lowest BCUT2D eigenvalue weighted by Crippen LogP contribution is -2.27. The molecule has 4 rings (SSSR count). The molecule has 0 bridgehead atoms. The van der Waals surface area contributed by atoms with E-state index in [4.69, 9.17) is 0 Å². The van der Waals surface area contributed by atoms with Gasteiger partial charge in [-0.15, -0.1) is 11.8 Å². The number of thioether (sulfide) groups is 1. The van der Waals surface area contributed by atoms with Crippen molar-refractivity contribution >= 4 is 35.3 Å². The Hall–Kier alpha value is -2.07. The van der Waals surface area contributed by atoms with E-state index in [1.54, 1.807) is 11.8 Å². The van der Waals surface area contributed by atoms with Crippen LogP contribution in [0.2, 0.25) is 0 Å². The monoisotopic (exact) mass is 294 g/mol. The number of benzene rings is 2. The van der Waals surface area contributed by atoms with Gasteiger partial charge in [-0.05, 0) is 29.3 Å². The normalized spacial score (nSPS) is 20.1. The van der Waals surface area contributed by atoms with Crippen molar-refractivity contribution < 1.29 is 4.79 Å². The van der Waals surface area contributed by atoms with E-state index < -0.39 is 0 Å². The molecule has 2 aromatic rings. The zero-order chi connectivity index (χ0) is 14.2. The van der Waals surface area contributed by atoms with E-state index in [1.165, 1.54) is 11.1 Å². The number of amides is 1. The Morgan fingerprint density at radius 2 is 2.00 bits per heavy atom. The van der Waals surface area contributed by atoms with E-state index >= 15 is 0 Å². The molecular formula is C17H14N2OS. The number of rotatable bonds is 2. The molecule has 21 heavy (non-hydrogen) atoms. The van der Waals surface area contributed by atoms with Crippen molar-refractivity contribution in [3.05, 3.63) is 59.7 Å². The average Bonchev–Trinajstić information content (AvgIpc) is 3.13. The van der Waals surface area contributed by atoms with Crippen LogP contribution in [0, 0.1) is 0 Å². The fourth-order valence-corrected chi connectivity index (χ4v) is 4.00. The van der Waals surface area contributed by atoms with Crippen LogP contribution in [0.15, 0.2) is 53.5 Å². The molecule has 0 saturated carbocycles. The molecule has 3 nitrogen and oxygen atoms in total. The van der Waals surface area contributed by atoms with Crippen molar-refractivity contribution in [2.45, 2.75) is 11.8 Å². The van der Waals surface area contributed by atoms with Crippen LogP contribution in [-0.4, -0.2) is 17.9 Å². The smallest absolute Gasteiger partial charge is 0.238 e. The molecule has 2 aliphatic rings. The van der Waals surface area contributed by atoms with Crippen LogP contribution in [0.4, 0.5) is 11.4 Å².